The fourth-order valence-corrected chi connectivity index (χ4v) is 4.74. The highest BCUT2D eigenvalue weighted by Gasteiger charge is 2.31. The van der Waals surface area contributed by atoms with E-state index in [1.54, 1.807) is 30.3 Å². The summed E-state index contributed by atoms with van der Waals surface area (Å²) in [7, 11) is -3.57. The minimum absolute atomic E-state index is 0.119. The van der Waals surface area contributed by atoms with Gasteiger partial charge in [-0.05, 0) is 49.2 Å². The van der Waals surface area contributed by atoms with E-state index in [0.29, 0.717) is 37.2 Å². The highest BCUT2D eigenvalue weighted by Crippen LogP contribution is 2.29. The van der Waals surface area contributed by atoms with Gasteiger partial charge in [0.25, 0.3) is 5.91 Å². The molecule has 2 aromatic rings. The molecule has 1 aliphatic heterocycles. The fourth-order valence-electron chi connectivity index (χ4n) is 2.87. The van der Waals surface area contributed by atoms with Crippen molar-refractivity contribution < 1.29 is 17.9 Å². The largest absolute Gasteiger partial charge is 0.381 e. The Morgan fingerprint density at radius 1 is 1.08 bits per heavy atom. The summed E-state index contributed by atoms with van der Waals surface area (Å²) in [4.78, 5) is 12.6. The molecule has 1 heterocycles. The van der Waals surface area contributed by atoms with Gasteiger partial charge in [0.2, 0.25) is 0 Å². The van der Waals surface area contributed by atoms with Crippen molar-refractivity contribution in [2.75, 3.05) is 18.5 Å². The molecule has 1 saturated heterocycles. The Morgan fingerprint density at radius 2 is 1.73 bits per heavy atom. The third kappa shape index (κ3) is 3.77. The highest BCUT2D eigenvalue weighted by molar-refractivity contribution is 7.92. The summed E-state index contributed by atoms with van der Waals surface area (Å²) in [6.45, 7) is 0.841. The number of sulfone groups is 1. The molecule has 0 unspecified atom stereocenters. The molecule has 0 bridgehead atoms. The molecule has 7 heteroatoms. The van der Waals surface area contributed by atoms with Crippen LogP contribution in [0, 0.1) is 11.3 Å². The average molecular weight is 370 g/mol. The van der Waals surface area contributed by atoms with Crippen molar-refractivity contribution in [3.05, 3.63) is 59.7 Å². The predicted molar refractivity (Wildman–Crippen MR) is 96.6 cm³/mol. The summed E-state index contributed by atoms with van der Waals surface area (Å²) in [6.07, 6.45) is 0.889. The number of hydrogen-bond acceptors (Lipinski definition) is 5. The number of carbonyl (C=O) groups is 1. The molecule has 0 aliphatic carbocycles. The molecule has 1 amide bonds. The highest BCUT2D eigenvalue weighted by atomic mass is 32.2. The first-order valence-electron chi connectivity index (χ1n) is 8.24. The van der Waals surface area contributed by atoms with E-state index in [4.69, 9.17) is 10.00 Å². The van der Waals surface area contributed by atoms with Gasteiger partial charge in [-0.2, -0.15) is 5.26 Å². The topological polar surface area (TPSA) is 96.3 Å². The second-order valence-corrected chi connectivity index (χ2v) is 8.19. The van der Waals surface area contributed by atoms with Gasteiger partial charge in [-0.1, -0.05) is 12.1 Å². The van der Waals surface area contributed by atoms with Crippen LogP contribution in [0.2, 0.25) is 0 Å². The minimum Gasteiger partial charge on any atom is -0.381 e. The molecule has 0 aromatic heterocycles. The standard InChI is InChI=1S/C19H18N2O4S/c20-13-14-5-7-15(8-6-14)19(22)21-17-3-1-2-4-18(17)26(23,24)16-9-11-25-12-10-16/h1-8,16H,9-12H2,(H,21,22). The van der Waals surface area contributed by atoms with E-state index in [1.807, 2.05) is 6.07 Å². The quantitative estimate of drug-likeness (QED) is 0.893. The summed E-state index contributed by atoms with van der Waals surface area (Å²) in [5.74, 6) is -0.427. The van der Waals surface area contributed by atoms with Crippen molar-refractivity contribution in [1.29, 1.82) is 5.26 Å². The Bertz CT molecular complexity index is 940. The number of nitrogens with one attached hydrogen (secondary N) is 1. The number of hydrogen-bond donors (Lipinski definition) is 1. The van der Waals surface area contributed by atoms with Crippen molar-refractivity contribution in [3.8, 4) is 6.07 Å². The zero-order valence-electron chi connectivity index (χ0n) is 14.0. The molecule has 1 aliphatic rings. The molecular formula is C19H18N2O4S. The molecule has 0 atom stereocenters. The van der Waals surface area contributed by atoms with E-state index < -0.39 is 21.0 Å². The number of benzene rings is 2. The van der Waals surface area contributed by atoms with Crippen LogP contribution in [0.4, 0.5) is 5.69 Å². The van der Waals surface area contributed by atoms with Crippen LogP contribution >= 0.6 is 0 Å². The van der Waals surface area contributed by atoms with Crippen LogP contribution in [-0.2, 0) is 14.6 Å². The maximum absolute atomic E-state index is 13.0. The number of anilines is 1. The van der Waals surface area contributed by atoms with Gasteiger partial charge in [0, 0.05) is 18.8 Å². The first-order valence-corrected chi connectivity index (χ1v) is 9.79. The Hall–Kier alpha value is -2.69. The molecule has 3 rings (SSSR count). The molecule has 1 fully saturated rings. The molecule has 6 nitrogen and oxygen atoms in total. The maximum atomic E-state index is 13.0. The minimum atomic E-state index is -3.57. The second-order valence-electron chi connectivity index (χ2n) is 6.00. The zero-order valence-corrected chi connectivity index (χ0v) is 14.8. The number of nitrogens with zero attached hydrogens (tertiary/aromatic N) is 1. The van der Waals surface area contributed by atoms with Crippen LogP contribution in [-0.4, -0.2) is 32.8 Å². The van der Waals surface area contributed by atoms with E-state index >= 15 is 0 Å². The summed E-state index contributed by atoms with van der Waals surface area (Å²) in [5.41, 5.74) is 1.06. The van der Waals surface area contributed by atoms with Crippen molar-refractivity contribution >= 4 is 21.4 Å². The lowest BCUT2D eigenvalue weighted by molar-refractivity contribution is 0.0983. The number of rotatable bonds is 4. The number of para-hydroxylation sites is 1. The summed E-state index contributed by atoms with van der Waals surface area (Å²) in [5, 5.41) is 11.0. The SMILES string of the molecule is N#Cc1ccc(C(=O)Nc2ccccc2S(=O)(=O)C2CCOCC2)cc1. The molecule has 26 heavy (non-hydrogen) atoms. The second kappa shape index (κ2) is 7.68. The van der Waals surface area contributed by atoms with Gasteiger partial charge >= 0.3 is 0 Å². The number of ether oxygens (including phenoxy) is 1. The summed E-state index contributed by atoms with van der Waals surface area (Å²) >= 11 is 0. The third-order valence-corrected chi connectivity index (χ3v) is 6.64. The van der Waals surface area contributed by atoms with E-state index in [0.717, 1.165) is 0 Å². The number of amides is 1. The Balaban J connectivity index is 1.87. The Labute approximate surface area is 152 Å². The molecule has 2 aromatic carbocycles. The van der Waals surface area contributed by atoms with Gasteiger partial charge in [-0.3, -0.25) is 4.79 Å². The monoisotopic (exact) mass is 370 g/mol. The van der Waals surface area contributed by atoms with Gasteiger partial charge in [0.1, 0.15) is 0 Å². The lowest BCUT2D eigenvalue weighted by atomic mass is 10.1. The lowest BCUT2D eigenvalue weighted by Gasteiger charge is -2.23. The first kappa shape index (κ1) is 18.1. The Kier molecular flexibility index (Phi) is 5.35. The van der Waals surface area contributed by atoms with Gasteiger partial charge in [-0.25, -0.2) is 8.42 Å². The van der Waals surface area contributed by atoms with Crippen molar-refractivity contribution in [2.45, 2.75) is 23.0 Å². The van der Waals surface area contributed by atoms with E-state index in [2.05, 4.69) is 5.32 Å². The van der Waals surface area contributed by atoms with Crippen molar-refractivity contribution in [2.24, 2.45) is 0 Å². The van der Waals surface area contributed by atoms with Gasteiger partial charge in [0.15, 0.2) is 9.84 Å². The first-order chi connectivity index (χ1) is 12.5. The average Bonchev–Trinajstić information content (AvgIpc) is 2.69. The summed E-state index contributed by atoms with van der Waals surface area (Å²) < 4.78 is 31.2. The van der Waals surface area contributed by atoms with Crippen molar-refractivity contribution in [3.63, 3.8) is 0 Å². The van der Waals surface area contributed by atoms with Crippen LogP contribution in [0.25, 0.3) is 0 Å². The number of carbonyl (C=O) groups excluding carboxylic acids is 1. The molecular weight excluding hydrogens is 352 g/mol. The maximum Gasteiger partial charge on any atom is 0.255 e. The molecule has 0 saturated carbocycles. The van der Waals surface area contributed by atoms with E-state index in [-0.39, 0.29) is 10.6 Å². The van der Waals surface area contributed by atoms with E-state index in [9.17, 15) is 13.2 Å². The molecule has 0 spiro atoms. The third-order valence-electron chi connectivity index (χ3n) is 4.33. The van der Waals surface area contributed by atoms with Crippen LogP contribution in [0.1, 0.15) is 28.8 Å². The fraction of sp³-hybridized carbons (Fsp3) is 0.263. The predicted octanol–water partition coefficient (Wildman–Crippen LogP) is 2.76. The van der Waals surface area contributed by atoms with Crippen LogP contribution in [0.15, 0.2) is 53.4 Å². The van der Waals surface area contributed by atoms with Gasteiger partial charge in [-0.15, -0.1) is 0 Å². The molecule has 1 N–H and O–H groups in total. The van der Waals surface area contributed by atoms with Crippen molar-refractivity contribution in [1.82, 2.24) is 0 Å². The molecule has 134 valence electrons. The molecule has 0 radical (unpaired) electrons. The van der Waals surface area contributed by atoms with Gasteiger partial charge in [0.05, 0.1) is 27.5 Å². The van der Waals surface area contributed by atoms with E-state index in [1.165, 1.54) is 18.2 Å². The Morgan fingerprint density at radius 3 is 2.38 bits per heavy atom. The van der Waals surface area contributed by atoms with Crippen LogP contribution < -0.4 is 5.32 Å². The van der Waals surface area contributed by atoms with Crippen LogP contribution in [0.5, 0.6) is 0 Å². The number of nitriles is 1. The lowest BCUT2D eigenvalue weighted by Crippen LogP contribution is -2.29. The normalized spacial score (nSPS) is 15.2. The smallest absolute Gasteiger partial charge is 0.255 e. The summed E-state index contributed by atoms with van der Waals surface area (Å²) in [6, 6.07) is 14.5. The van der Waals surface area contributed by atoms with Crippen LogP contribution in [0.3, 0.4) is 0 Å². The van der Waals surface area contributed by atoms with Gasteiger partial charge < -0.3 is 10.1 Å². The zero-order chi connectivity index (χ0) is 18.6.